The SMILES string of the molecule is CC(C)C(=O)OCC(=O)Nc1ccccc1C(=O)Nc1ccccc1. The highest BCUT2D eigenvalue weighted by molar-refractivity contribution is 6.10. The van der Waals surface area contributed by atoms with Gasteiger partial charge in [0.2, 0.25) is 0 Å². The molecule has 0 fully saturated rings. The molecule has 0 aliphatic heterocycles. The molecule has 0 unspecified atom stereocenters. The van der Waals surface area contributed by atoms with Crippen LogP contribution in [0.15, 0.2) is 54.6 Å². The fourth-order valence-corrected chi connectivity index (χ4v) is 2.00. The Balaban J connectivity index is 2.03. The molecule has 0 bridgehead atoms. The molecule has 2 rings (SSSR count). The number of hydrogen-bond donors (Lipinski definition) is 2. The van der Waals surface area contributed by atoms with E-state index in [0.717, 1.165) is 0 Å². The summed E-state index contributed by atoms with van der Waals surface area (Å²) in [6.07, 6.45) is 0. The molecule has 0 saturated heterocycles. The third-order valence-electron chi connectivity index (χ3n) is 3.29. The lowest BCUT2D eigenvalue weighted by Gasteiger charge is -2.12. The van der Waals surface area contributed by atoms with E-state index < -0.39 is 18.5 Å². The first-order chi connectivity index (χ1) is 12.0. The van der Waals surface area contributed by atoms with Crippen LogP contribution >= 0.6 is 0 Å². The number of anilines is 2. The summed E-state index contributed by atoms with van der Waals surface area (Å²) >= 11 is 0. The molecule has 2 aromatic carbocycles. The molecule has 0 aliphatic rings. The quantitative estimate of drug-likeness (QED) is 0.792. The average molecular weight is 340 g/mol. The summed E-state index contributed by atoms with van der Waals surface area (Å²) in [4.78, 5) is 35.8. The number of carbonyl (C=O) groups excluding carboxylic acids is 3. The van der Waals surface area contributed by atoms with Gasteiger partial charge in [0.05, 0.1) is 17.2 Å². The first-order valence-corrected chi connectivity index (χ1v) is 7.89. The number of esters is 1. The predicted octanol–water partition coefficient (Wildman–Crippen LogP) is 3.08. The Morgan fingerprint density at radius 2 is 1.56 bits per heavy atom. The summed E-state index contributed by atoms with van der Waals surface area (Å²) in [6.45, 7) is 2.97. The molecule has 0 radical (unpaired) electrons. The molecule has 130 valence electrons. The van der Waals surface area contributed by atoms with E-state index >= 15 is 0 Å². The Kier molecular flexibility index (Phi) is 6.28. The van der Waals surface area contributed by atoms with E-state index in [4.69, 9.17) is 4.74 Å². The van der Waals surface area contributed by atoms with E-state index in [1.165, 1.54) is 0 Å². The topological polar surface area (TPSA) is 84.5 Å². The van der Waals surface area contributed by atoms with Crippen LogP contribution < -0.4 is 10.6 Å². The van der Waals surface area contributed by atoms with Crippen LogP contribution in [-0.4, -0.2) is 24.4 Å². The highest BCUT2D eigenvalue weighted by Gasteiger charge is 2.15. The van der Waals surface area contributed by atoms with Crippen molar-refractivity contribution in [3.63, 3.8) is 0 Å². The van der Waals surface area contributed by atoms with Gasteiger partial charge in [-0.1, -0.05) is 44.2 Å². The Bertz CT molecular complexity index is 757. The lowest BCUT2D eigenvalue weighted by Crippen LogP contribution is -2.24. The van der Waals surface area contributed by atoms with Crippen molar-refractivity contribution in [2.45, 2.75) is 13.8 Å². The zero-order chi connectivity index (χ0) is 18.2. The summed E-state index contributed by atoms with van der Waals surface area (Å²) in [5, 5.41) is 5.36. The van der Waals surface area contributed by atoms with Crippen LogP contribution in [0.25, 0.3) is 0 Å². The number of hydrogen-bond acceptors (Lipinski definition) is 4. The summed E-state index contributed by atoms with van der Waals surface area (Å²) in [5.41, 5.74) is 1.32. The molecule has 2 amide bonds. The van der Waals surface area contributed by atoms with Crippen LogP contribution in [0.5, 0.6) is 0 Å². The zero-order valence-electron chi connectivity index (χ0n) is 14.1. The highest BCUT2D eigenvalue weighted by atomic mass is 16.5. The molecular weight excluding hydrogens is 320 g/mol. The molecule has 0 aromatic heterocycles. The van der Waals surface area contributed by atoms with Crippen LogP contribution in [0.4, 0.5) is 11.4 Å². The second-order valence-electron chi connectivity index (χ2n) is 5.68. The highest BCUT2D eigenvalue weighted by Crippen LogP contribution is 2.17. The van der Waals surface area contributed by atoms with Crippen LogP contribution in [0.3, 0.4) is 0 Å². The van der Waals surface area contributed by atoms with Gasteiger partial charge in [-0.15, -0.1) is 0 Å². The van der Waals surface area contributed by atoms with Gasteiger partial charge in [-0.25, -0.2) is 0 Å². The van der Waals surface area contributed by atoms with Gasteiger partial charge in [-0.2, -0.15) is 0 Å². The number of ether oxygens (including phenoxy) is 1. The van der Waals surface area contributed by atoms with Gasteiger partial charge in [0, 0.05) is 5.69 Å². The maximum absolute atomic E-state index is 12.4. The Morgan fingerprint density at radius 3 is 2.24 bits per heavy atom. The van der Waals surface area contributed by atoms with Gasteiger partial charge in [-0.3, -0.25) is 14.4 Å². The van der Waals surface area contributed by atoms with Crippen molar-refractivity contribution in [3.8, 4) is 0 Å². The maximum Gasteiger partial charge on any atom is 0.308 e. The third kappa shape index (κ3) is 5.46. The first-order valence-electron chi connectivity index (χ1n) is 7.89. The molecule has 2 aromatic rings. The average Bonchev–Trinajstić information content (AvgIpc) is 2.60. The fourth-order valence-electron chi connectivity index (χ4n) is 2.00. The van der Waals surface area contributed by atoms with Crippen molar-refractivity contribution in [1.82, 2.24) is 0 Å². The van der Waals surface area contributed by atoms with Crippen LogP contribution in [0, 0.1) is 5.92 Å². The Hall–Kier alpha value is -3.15. The number of nitrogens with one attached hydrogen (secondary N) is 2. The van der Waals surface area contributed by atoms with E-state index in [1.807, 2.05) is 18.2 Å². The minimum atomic E-state index is -0.506. The Morgan fingerprint density at radius 1 is 0.920 bits per heavy atom. The zero-order valence-corrected chi connectivity index (χ0v) is 14.1. The number of benzene rings is 2. The van der Waals surface area contributed by atoms with Crippen LogP contribution in [0.1, 0.15) is 24.2 Å². The maximum atomic E-state index is 12.4. The smallest absolute Gasteiger partial charge is 0.308 e. The second-order valence-corrected chi connectivity index (χ2v) is 5.68. The molecule has 0 aliphatic carbocycles. The van der Waals surface area contributed by atoms with Gasteiger partial charge >= 0.3 is 5.97 Å². The minimum absolute atomic E-state index is 0.309. The summed E-state index contributed by atoms with van der Waals surface area (Å²) in [7, 11) is 0. The van der Waals surface area contributed by atoms with Gasteiger partial charge in [-0.05, 0) is 24.3 Å². The second kappa shape index (κ2) is 8.63. The fraction of sp³-hybridized carbons (Fsp3) is 0.211. The van der Waals surface area contributed by atoms with E-state index in [9.17, 15) is 14.4 Å². The van der Waals surface area contributed by atoms with Gasteiger partial charge in [0.25, 0.3) is 11.8 Å². The Labute approximate surface area is 146 Å². The van der Waals surface area contributed by atoms with Crippen molar-refractivity contribution in [2.24, 2.45) is 5.92 Å². The molecule has 6 nitrogen and oxygen atoms in total. The van der Waals surface area contributed by atoms with Crippen molar-refractivity contribution >= 4 is 29.2 Å². The van der Waals surface area contributed by atoms with E-state index in [2.05, 4.69) is 10.6 Å². The van der Waals surface area contributed by atoms with Gasteiger partial charge in [0.15, 0.2) is 6.61 Å². The molecule has 0 spiro atoms. The molecule has 6 heteroatoms. The molecular formula is C19H20N2O4. The minimum Gasteiger partial charge on any atom is -0.455 e. The summed E-state index contributed by atoms with van der Waals surface area (Å²) < 4.78 is 4.88. The number of amides is 2. The van der Waals surface area contributed by atoms with Crippen molar-refractivity contribution in [2.75, 3.05) is 17.2 Å². The number of para-hydroxylation sites is 2. The number of rotatable bonds is 6. The van der Waals surface area contributed by atoms with Crippen molar-refractivity contribution in [1.29, 1.82) is 0 Å². The van der Waals surface area contributed by atoms with Crippen LogP contribution in [0.2, 0.25) is 0 Å². The van der Waals surface area contributed by atoms with Crippen molar-refractivity contribution in [3.05, 3.63) is 60.2 Å². The van der Waals surface area contributed by atoms with E-state index in [0.29, 0.717) is 16.9 Å². The molecule has 0 saturated carbocycles. The standard InChI is InChI=1S/C19H20N2O4/c1-13(2)19(24)25-12-17(22)21-16-11-7-6-10-15(16)18(23)20-14-8-4-3-5-9-14/h3-11,13H,12H2,1-2H3,(H,20,23)(H,21,22). The van der Waals surface area contributed by atoms with Crippen LogP contribution in [-0.2, 0) is 14.3 Å². The molecule has 25 heavy (non-hydrogen) atoms. The molecule has 0 heterocycles. The summed E-state index contributed by atoms with van der Waals surface area (Å²) in [6, 6.07) is 15.6. The van der Waals surface area contributed by atoms with Gasteiger partial charge in [0.1, 0.15) is 0 Å². The predicted molar refractivity (Wildman–Crippen MR) is 95.3 cm³/mol. The lowest BCUT2D eigenvalue weighted by atomic mass is 10.1. The van der Waals surface area contributed by atoms with E-state index in [-0.39, 0.29) is 11.8 Å². The molecule has 0 atom stereocenters. The largest absolute Gasteiger partial charge is 0.455 e. The molecule has 2 N–H and O–H groups in total. The third-order valence-corrected chi connectivity index (χ3v) is 3.29. The lowest BCUT2D eigenvalue weighted by molar-refractivity contribution is -0.150. The van der Waals surface area contributed by atoms with Gasteiger partial charge < -0.3 is 15.4 Å². The first kappa shape index (κ1) is 18.2. The summed E-state index contributed by atoms with van der Waals surface area (Å²) in [5.74, 6) is -1.61. The monoisotopic (exact) mass is 340 g/mol. The van der Waals surface area contributed by atoms with E-state index in [1.54, 1.807) is 50.2 Å². The van der Waals surface area contributed by atoms with Crippen molar-refractivity contribution < 1.29 is 19.1 Å². The normalized spacial score (nSPS) is 10.2. The number of carbonyl (C=O) groups is 3.